The second kappa shape index (κ2) is 21.5. The predicted molar refractivity (Wildman–Crippen MR) is 373 cm³/mol. The van der Waals surface area contributed by atoms with E-state index in [-0.39, 0.29) is 0 Å². The minimum atomic E-state index is 0.550. The molecule has 0 fully saturated rings. The van der Waals surface area contributed by atoms with Crippen LogP contribution in [0, 0.1) is 25.2 Å². The third-order valence-electron chi connectivity index (χ3n) is 17.9. The van der Waals surface area contributed by atoms with Gasteiger partial charge in [0.05, 0.1) is 56.1 Å². The maximum atomic E-state index is 10.00. The average molecular weight is 1160 g/mol. The molecule has 91 heavy (non-hydrogen) atoms. The summed E-state index contributed by atoms with van der Waals surface area (Å²) in [6, 6.07) is 105. The van der Waals surface area contributed by atoms with E-state index < -0.39 is 0 Å². The summed E-state index contributed by atoms with van der Waals surface area (Å²) in [4.78, 5) is 21.7. The molecule has 426 valence electrons. The topological polar surface area (TPSA) is 90.1 Å². The average Bonchev–Trinajstić information content (AvgIpc) is 1.78. The maximum Gasteiger partial charge on any atom is 0.164 e. The van der Waals surface area contributed by atoms with Gasteiger partial charge >= 0.3 is 0 Å². The van der Waals surface area contributed by atoms with E-state index in [2.05, 4.69) is 252 Å². The molecular formula is C83H54N8. The molecule has 5 heterocycles. The standard InChI is InChI=1S/C83H54N8/c1-52-29-44-76-68(47-52)64-22-11-14-26-73(64)89(76)60-38-32-55(33-39-60)72-50-71(63-21-9-10-25-67(63)83-87-81(58-17-5-3-6-18-58)86-82(88-83)59-19-7-4-8-20-59)79(56-34-40-61(41-35-56)90-74-27-15-12-23-65(74)69-48-53(2)30-45-77(69)90)80(85-72)57-36-42-62(43-37-57)91-75-28-16-13-24-66(75)70-49-54(51-84)31-46-78(70)91/h3-50H,1-2H3. The van der Waals surface area contributed by atoms with Crippen LogP contribution in [0.4, 0.5) is 0 Å². The van der Waals surface area contributed by atoms with Gasteiger partial charge in [-0.25, -0.2) is 19.9 Å². The third kappa shape index (κ3) is 8.98. The predicted octanol–water partition coefficient (Wildman–Crippen LogP) is 20.7. The monoisotopic (exact) mass is 1160 g/mol. The fourth-order valence-corrected chi connectivity index (χ4v) is 13.6. The zero-order chi connectivity index (χ0) is 60.7. The molecule has 0 saturated heterocycles. The van der Waals surface area contributed by atoms with Crippen LogP contribution in [-0.4, -0.2) is 33.6 Å². The number of aromatic nitrogens is 7. The number of aryl methyl sites for hydroxylation is 2. The van der Waals surface area contributed by atoms with E-state index in [0.29, 0.717) is 23.0 Å². The van der Waals surface area contributed by atoms with Crippen molar-refractivity contribution in [2.24, 2.45) is 0 Å². The third-order valence-corrected chi connectivity index (χ3v) is 17.9. The molecule has 17 rings (SSSR count). The van der Waals surface area contributed by atoms with Crippen LogP contribution in [0.15, 0.2) is 291 Å². The quantitative estimate of drug-likeness (QED) is 0.136. The number of hydrogen-bond acceptors (Lipinski definition) is 5. The van der Waals surface area contributed by atoms with E-state index in [9.17, 15) is 5.26 Å². The summed E-state index contributed by atoms with van der Waals surface area (Å²) >= 11 is 0. The van der Waals surface area contributed by atoms with Crippen LogP contribution in [0.5, 0.6) is 0 Å². The van der Waals surface area contributed by atoms with Crippen molar-refractivity contribution in [2.75, 3.05) is 0 Å². The van der Waals surface area contributed by atoms with Gasteiger partial charge in [-0.2, -0.15) is 5.26 Å². The molecule has 12 aromatic carbocycles. The molecule has 5 aromatic heterocycles. The van der Waals surface area contributed by atoms with Gasteiger partial charge in [-0.05, 0) is 134 Å². The van der Waals surface area contributed by atoms with Gasteiger partial charge in [0.2, 0.25) is 0 Å². The Kier molecular flexibility index (Phi) is 12.5. The summed E-state index contributed by atoms with van der Waals surface area (Å²) in [6.07, 6.45) is 0. The fraction of sp³-hybridized carbons (Fsp3) is 0.0241. The molecule has 0 unspecified atom stereocenters. The van der Waals surface area contributed by atoms with Crippen molar-refractivity contribution in [3.63, 3.8) is 0 Å². The zero-order valence-electron chi connectivity index (χ0n) is 49.8. The van der Waals surface area contributed by atoms with Gasteiger partial charge in [0.15, 0.2) is 17.5 Å². The lowest BCUT2D eigenvalue weighted by Gasteiger charge is -2.21. The van der Waals surface area contributed by atoms with E-state index in [1.165, 1.54) is 32.7 Å². The number of pyridine rings is 1. The minimum Gasteiger partial charge on any atom is -0.309 e. The number of para-hydroxylation sites is 3. The summed E-state index contributed by atoms with van der Waals surface area (Å²) in [5.41, 5.74) is 22.8. The van der Waals surface area contributed by atoms with Crippen molar-refractivity contribution >= 4 is 65.4 Å². The molecular weight excluding hydrogens is 1110 g/mol. The molecule has 0 aliphatic carbocycles. The molecule has 0 aliphatic rings. The van der Waals surface area contributed by atoms with Crippen LogP contribution in [0.2, 0.25) is 0 Å². The van der Waals surface area contributed by atoms with Gasteiger partial charge in [-0.1, -0.05) is 199 Å². The second-order valence-electron chi connectivity index (χ2n) is 23.4. The highest BCUT2D eigenvalue weighted by molar-refractivity contribution is 6.12. The van der Waals surface area contributed by atoms with Crippen LogP contribution in [0.25, 0.3) is 161 Å². The van der Waals surface area contributed by atoms with E-state index >= 15 is 0 Å². The normalized spacial score (nSPS) is 11.6. The van der Waals surface area contributed by atoms with Gasteiger partial charge in [0.25, 0.3) is 0 Å². The number of nitriles is 1. The Hall–Kier alpha value is -12.3. The highest BCUT2D eigenvalue weighted by Gasteiger charge is 2.25. The Labute approximate surface area is 525 Å². The van der Waals surface area contributed by atoms with E-state index in [1.807, 2.05) is 72.8 Å². The van der Waals surface area contributed by atoms with E-state index in [1.54, 1.807) is 0 Å². The van der Waals surface area contributed by atoms with Crippen LogP contribution < -0.4 is 0 Å². The van der Waals surface area contributed by atoms with Gasteiger partial charge in [-0.3, -0.25) is 0 Å². The highest BCUT2D eigenvalue weighted by atomic mass is 15.0. The molecule has 0 saturated carbocycles. The zero-order valence-corrected chi connectivity index (χ0v) is 49.8. The Bertz CT molecular complexity index is 5720. The molecule has 8 heteroatoms. The number of nitrogens with zero attached hydrogens (tertiary/aromatic N) is 8. The molecule has 0 atom stereocenters. The first kappa shape index (κ1) is 53.0. The first-order chi connectivity index (χ1) is 44.9. The lowest BCUT2D eigenvalue weighted by atomic mass is 9.87. The Balaban J connectivity index is 0.916. The first-order valence-corrected chi connectivity index (χ1v) is 30.7. The number of hydrogen-bond donors (Lipinski definition) is 0. The molecule has 17 aromatic rings. The molecule has 8 nitrogen and oxygen atoms in total. The summed E-state index contributed by atoms with van der Waals surface area (Å²) in [5, 5.41) is 17.0. The fourth-order valence-electron chi connectivity index (χ4n) is 13.6. The smallest absolute Gasteiger partial charge is 0.164 e. The summed E-state index contributed by atoms with van der Waals surface area (Å²) in [5.74, 6) is 1.71. The number of benzene rings is 12. The van der Waals surface area contributed by atoms with Crippen LogP contribution >= 0.6 is 0 Å². The van der Waals surface area contributed by atoms with Crippen LogP contribution in [0.1, 0.15) is 16.7 Å². The van der Waals surface area contributed by atoms with Gasteiger partial charge in [0, 0.05) is 82.8 Å². The summed E-state index contributed by atoms with van der Waals surface area (Å²) < 4.78 is 7.03. The van der Waals surface area contributed by atoms with Gasteiger partial charge in [0.1, 0.15) is 0 Å². The maximum absolute atomic E-state index is 10.00. The first-order valence-electron chi connectivity index (χ1n) is 30.7. The van der Waals surface area contributed by atoms with Crippen molar-refractivity contribution in [2.45, 2.75) is 13.8 Å². The minimum absolute atomic E-state index is 0.550. The summed E-state index contributed by atoms with van der Waals surface area (Å²) in [7, 11) is 0. The molecule has 0 amide bonds. The molecule has 0 bridgehead atoms. The molecule has 0 radical (unpaired) electrons. The molecule has 0 aliphatic heterocycles. The van der Waals surface area contributed by atoms with Crippen molar-refractivity contribution in [1.82, 2.24) is 33.6 Å². The van der Waals surface area contributed by atoms with Crippen LogP contribution in [0.3, 0.4) is 0 Å². The summed E-state index contributed by atoms with van der Waals surface area (Å²) in [6.45, 7) is 4.31. The lowest BCUT2D eigenvalue weighted by molar-refractivity contribution is 1.07. The number of rotatable bonds is 10. The van der Waals surface area contributed by atoms with E-state index in [4.69, 9.17) is 19.9 Å². The second-order valence-corrected chi connectivity index (χ2v) is 23.4. The highest BCUT2D eigenvalue weighted by Crippen LogP contribution is 2.46. The van der Waals surface area contributed by atoms with Crippen molar-refractivity contribution in [1.29, 1.82) is 5.26 Å². The Morgan fingerprint density at radius 2 is 0.681 bits per heavy atom. The van der Waals surface area contributed by atoms with Gasteiger partial charge in [-0.15, -0.1) is 0 Å². The SMILES string of the molecule is Cc1ccc2c(c1)c1ccccc1n2-c1ccc(-c2cc(-c3ccccc3-c3nc(-c4ccccc4)nc(-c4ccccc4)n3)c(-c3ccc(-n4c5ccccc5c5cc(C)ccc54)cc3)c(-c3ccc(-n4c5ccccc5c5cc(C#N)ccc54)cc3)n2)cc1. The molecule has 0 spiro atoms. The van der Waals surface area contributed by atoms with Crippen molar-refractivity contribution in [3.05, 3.63) is 308 Å². The molecule has 0 N–H and O–H groups in total. The van der Waals surface area contributed by atoms with Crippen LogP contribution in [-0.2, 0) is 0 Å². The van der Waals surface area contributed by atoms with E-state index in [0.717, 1.165) is 122 Å². The van der Waals surface area contributed by atoms with Crippen molar-refractivity contribution in [3.8, 4) is 102 Å². The Morgan fingerprint density at radius 1 is 0.286 bits per heavy atom. The van der Waals surface area contributed by atoms with Gasteiger partial charge < -0.3 is 13.7 Å². The largest absolute Gasteiger partial charge is 0.309 e. The lowest BCUT2D eigenvalue weighted by Crippen LogP contribution is -2.02. The number of fused-ring (bicyclic) bond motifs is 9. The van der Waals surface area contributed by atoms with Crippen molar-refractivity contribution < 1.29 is 0 Å². The Morgan fingerprint density at radius 3 is 1.18 bits per heavy atom.